The van der Waals surface area contributed by atoms with Gasteiger partial charge in [-0.25, -0.2) is 4.79 Å². The maximum Gasteiger partial charge on any atom is 0.417 e. The number of fused-ring (bicyclic) bond motifs is 1. The molecule has 0 aliphatic heterocycles. The first-order valence-corrected chi connectivity index (χ1v) is 7.26. The van der Waals surface area contributed by atoms with Crippen molar-refractivity contribution in [1.82, 2.24) is 4.98 Å². The quantitative estimate of drug-likeness (QED) is 0.660. The molecule has 3 N–H and O–H groups in total. The van der Waals surface area contributed by atoms with Gasteiger partial charge in [0.15, 0.2) is 5.58 Å². The molecular weight excluding hydrogens is 248 g/mol. The molecule has 5 heteroatoms. The highest BCUT2D eigenvalue weighted by Gasteiger charge is 2.16. The number of nitrogens with two attached hydrogens (primary N) is 1. The minimum absolute atomic E-state index is 0.428. The van der Waals surface area contributed by atoms with Crippen LogP contribution in [0.5, 0.6) is 0 Å². The third kappa shape index (κ3) is 2.27. The number of nitrogen functional groups attached to an aromatic ring is 1. The minimum Gasteiger partial charge on any atom is -0.408 e. The Morgan fingerprint density at radius 2 is 2.17 bits per heavy atom. The zero-order valence-electron chi connectivity index (χ0n) is 10.1. The normalized spacial score (nSPS) is 16.7. The second-order valence-electron chi connectivity index (χ2n) is 4.86. The van der Waals surface area contributed by atoms with Crippen LogP contribution in [0.1, 0.15) is 25.7 Å². The zero-order valence-corrected chi connectivity index (χ0v) is 10.9. The van der Waals surface area contributed by atoms with Gasteiger partial charge in [-0.05, 0) is 24.8 Å². The van der Waals surface area contributed by atoms with Crippen LogP contribution in [0.25, 0.3) is 11.1 Å². The molecule has 1 heterocycles. The summed E-state index contributed by atoms with van der Waals surface area (Å²) in [5, 5.41) is 0. The topological polar surface area (TPSA) is 72.0 Å². The van der Waals surface area contributed by atoms with E-state index in [9.17, 15) is 4.79 Å². The number of nitrogens with one attached hydrogen (secondary N) is 1. The average Bonchev–Trinajstić information content (AvgIpc) is 2.94. The number of aromatic amines is 1. The summed E-state index contributed by atoms with van der Waals surface area (Å²) in [6.07, 6.45) is 5.37. The molecular formula is C13H16N2O2S. The van der Waals surface area contributed by atoms with Crippen LogP contribution in [0, 0.1) is 5.92 Å². The lowest BCUT2D eigenvalue weighted by molar-refractivity contribution is 0.555. The van der Waals surface area contributed by atoms with Gasteiger partial charge in [-0.2, -0.15) is 0 Å². The Morgan fingerprint density at radius 1 is 1.39 bits per heavy atom. The van der Waals surface area contributed by atoms with E-state index in [0.29, 0.717) is 11.3 Å². The number of hydrogen-bond donors (Lipinski definition) is 2. The van der Waals surface area contributed by atoms with Crippen LogP contribution in [0.15, 0.2) is 26.2 Å². The van der Waals surface area contributed by atoms with E-state index in [1.165, 1.54) is 25.7 Å². The van der Waals surface area contributed by atoms with E-state index < -0.39 is 5.76 Å². The Morgan fingerprint density at radius 3 is 2.94 bits per heavy atom. The first-order chi connectivity index (χ1) is 8.72. The van der Waals surface area contributed by atoms with Crippen molar-refractivity contribution >= 4 is 28.5 Å². The Hall–Kier alpha value is -1.36. The number of anilines is 1. The van der Waals surface area contributed by atoms with Crippen LogP contribution in [0.4, 0.5) is 5.69 Å². The SMILES string of the molecule is Nc1cc2oc(=O)[nH]c2cc1SCC1CCCC1. The number of benzene rings is 1. The van der Waals surface area contributed by atoms with Gasteiger partial charge in [0, 0.05) is 22.4 Å². The average molecular weight is 264 g/mol. The molecule has 3 rings (SSSR count). The highest BCUT2D eigenvalue weighted by atomic mass is 32.2. The monoisotopic (exact) mass is 264 g/mol. The van der Waals surface area contributed by atoms with Crippen LogP contribution in [0.3, 0.4) is 0 Å². The predicted molar refractivity (Wildman–Crippen MR) is 73.9 cm³/mol. The molecule has 0 spiro atoms. The largest absolute Gasteiger partial charge is 0.417 e. The summed E-state index contributed by atoms with van der Waals surface area (Å²) in [5.74, 6) is 1.49. The van der Waals surface area contributed by atoms with Crippen molar-refractivity contribution in [3.05, 3.63) is 22.7 Å². The molecule has 1 aliphatic carbocycles. The van der Waals surface area contributed by atoms with E-state index in [1.807, 2.05) is 6.07 Å². The Labute approximate surface area is 109 Å². The van der Waals surface area contributed by atoms with Crippen LogP contribution < -0.4 is 11.5 Å². The molecule has 0 saturated heterocycles. The van der Waals surface area contributed by atoms with Crippen molar-refractivity contribution in [1.29, 1.82) is 0 Å². The summed E-state index contributed by atoms with van der Waals surface area (Å²) in [6, 6.07) is 3.64. The number of oxazole rings is 1. The lowest BCUT2D eigenvalue weighted by atomic mass is 10.1. The van der Waals surface area contributed by atoms with E-state index in [1.54, 1.807) is 17.8 Å². The molecule has 1 fully saturated rings. The van der Waals surface area contributed by atoms with Gasteiger partial charge in [-0.1, -0.05) is 12.8 Å². The molecule has 0 amide bonds. The Balaban J connectivity index is 1.81. The lowest BCUT2D eigenvalue weighted by Gasteiger charge is -2.09. The van der Waals surface area contributed by atoms with Gasteiger partial charge in [-0.15, -0.1) is 11.8 Å². The highest BCUT2D eigenvalue weighted by molar-refractivity contribution is 7.99. The number of rotatable bonds is 3. The van der Waals surface area contributed by atoms with E-state index in [-0.39, 0.29) is 0 Å². The molecule has 4 nitrogen and oxygen atoms in total. The standard InChI is InChI=1S/C13H16N2O2S/c14-9-5-11-10(15-13(16)17-11)6-12(9)18-7-8-3-1-2-4-8/h5-6,8H,1-4,7,14H2,(H,15,16). The van der Waals surface area contributed by atoms with Gasteiger partial charge in [0.2, 0.25) is 0 Å². The van der Waals surface area contributed by atoms with E-state index in [0.717, 1.165) is 22.1 Å². The van der Waals surface area contributed by atoms with Gasteiger partial charge < -0.3 is 10.2 Å². The number of H-pyrrole nitrogens is 1. The molecule has 0 unspecified atom stereocenters. The Kier molecular flexibility index (Phi) is 3.07. The molecule has 1 aliphatic rings. The lowest BCUT2D eigenvalue weighted by Crippen LogP contribution is -1.97. The fourth-order valence-corrected chi connectivity index (χ4v) is 3.68. The zero-order chi connectivity index (χ0) is 12.5. The summed E-state index contributed by atoms with van der Waals surface area (Å²) < 4.78 is 4.98. The van der Waals surface area contributed by atoms with Crippen molar-refractivity contribution in [2.75, 3.05) is 11.5 Å². The first-order valence-electron chi connectivity index (χ1n) is 6.27. The van der Waals surface area contributed by atoms with Gasteiger partial charge in [0.25, 0.3) is 0 Å². The maximum absolute atomic E-state index is 11.1. The predicted octanol–water partition coefficient (Wildman–Crippen LogP) is 2.99. The minimum atomic E-state index is -0.428. The van der Waals surface area contributed by atoms with Crippen molar-refractivity contribution in [3.63, 3.8) is 0 Å². The van der Waals surface area contributed by atoms with Gasteiger partial charge in [-0.3, -0.25) is 4.98 Å². The van der Waals surface area contributed by atoms with E-state index in [4.69, 9.17) is 10.2 Å². The van der Waals surface area contributed by atoms with Crippen LogP contribution in [-0.4, -0.2) is 10.7 Å². The molecule has 0 radical (unpaired) electrons. The first kappa shape index (κ1) is 11.7. The molecule has 96 valence electrons. The summed E-state index contributed by atoms with van der Waals surface area (Å²) >= 11 is 1.78. The summed E-state index contributed by atoms with van der Waals surface area (Å²) in [4.78, 5) is 14.8. The molecule has 0 bridgehead atoms. The molecule has 2 aromatic rings. The Bertz CT molecular complexity index is 611. The van der Waals surface area contributed by atoms with Crippen molar-refractivity contribution in [2.24, 2.45) is 5.92 Å². The molecule has 1 saturated carbocycles. The van der Waals surface area contributed by atoms with Crippen LogP contribution >= 0.6 is 11.8 Å². The second kappa shape index (κ2) is 4.72. The highest BCUT2D eigenvalue weighted by Crippen LogP contribution is 2.34. The number of hydrogen-bond acceptors (Lipinski definition) is 4. The third-order valence-electron chi connectivity index (χ3n) is 3.50. The third-order valence-corrected chi connectivity index (χ3v) is 4.80. The summed E-state index contributed by atoms with van der Waals surface area (Å²) in [5.41, 5.74) is 7.93. The van der Waals surface area contributed by atoms with Gasteiger partial charge in [0.05, 0.1) is 5.52 Å². The van der Waals surface area contributed by atoms with Crippen molar-refractivity contribution in [2.45, 2.75) is 30.6 Å². The number of aromatic nitrogens is 1. The van der Waals surface area contributed by atoms with E-state index in [2.05, 4.69) is 4.98 Å². The fraction of sp³-hybridized carbons (Fsp3) is 0.462. The second-order valence-corrected chi connectivity index (χ2v) is 5.92. The molecule has 1 aromatic carbocycles. The van der Waals surface area contributed by atoms with Crippen molar-refractivity contribution < 1.29 is 4.42 Å². The smallest absolute Gasteiger partial charge is 0.408 e. The fourth-order valence-electron chi connectivity index (χ4n) is 2.50. The van der Waals surface area contributed by atoms with Crippen LogP contribution in [0.2, 0.25) is 0 Å². The summed E-state index contributed by atoms with van der Waals surface area (Å²) in [6.45, 7) is 0. The molecule has 0 atom stereocenters. The molecule has 18 heavy (non-hydrogen) atoms. The number of thioether (sulfide) groups is 1. The van der Waals surface area contributed by atoms with Gasteiger partial charge in [0.1, 0.15) is 0 Å². The van der Waals surface area contributed by atoms with Crippen molar-refractivity contribution in [3.8, 4) is 0 Å². The summed E-state index contributed by atoms with van der Waals surface area (Å²) in [7, 11) is 0. The molecule has 1 aromatic heterocycles. The van der Waals surface area contributed by atoms with Gasteiger partial charge >= 0.3 is 5.76 Å². The van der Waals surface area contributed by atoms with E-state index >= 15 is 0 Å². The maximum atomic E-state index is 11.1. The van der Waals surface area contributed by atoms with Crippen LogP contribution in [-0.2, 0) is 0 Å².